The highest BCUT2D eigenvalue weighted by atomic mass is 16.6. The van der Waals surface area contributed by atoms with E-state index in [-0.39, 0.29) is 11.9 Å². The average molecular weight is 257 g/mol. The van der Waals surface area contributed by atoms with E-state index in [2.05, 4.69) is 10.3 Å². The van der Waals surface area contributed by atoms with Crippen LogP contribution in [0.5, 0.6) is 5.75 Å². The molecule has 1 atom stereocenters. The summed E-state index contributed by atoms with van der Waals surface area (Å²) in [5, 5.41) is 14.0. The van der Waals surface area contributed by atoms with Gasteiger partial charge in [0.1, 0.15) is 24.2 Å². The minimum Gasteiger partial charge on any atom is -0.491 e. The molecule has 96 valence electrons. The third-order valence-corrected chi connectivity index (χ3v) is 2.99. The van der Waals surface area contributed by atoms with Gasteiger partial charge in [0, 0.05) is 5.56 Å². The van der Waals surface area contributed by atoms with Gasteiger partial charge >= 0.3 is 5.82 Å². The van der Waals surface area contributed by atoms with Gasteiger partial charge in [-0.05, 0) is 28.1 Å². The van der Waals surface area contributed by atoms with E-state index >= 15 is 0 Å². The zero-order valence-corrected chi connectivity index (χ0v) is 9.95. The lowest BCUT2D eigenvalue weighted by Crippen LogP contribution is -2.13. The Balaban J connectivity index is 1.90. The highest BCUT2D eigenvalue weighted by Crippen LogP contribution is 2.35. The molecule has 1 aromatic heterocycles. The molecule has 1 unspecified atom stereocenters. The number of para-hydroxylation sites is 1. The summed E-state index contributed by atoms with van der Waals surface area (Å²) in [5.41, 5.74) is 1.40. The maximum absolute atomic E-state index is 10.9. The molecule has 2 aromatic rings. The monoisotopic (exact) mass is 257 g/mol. The largest absolute Gasteiger partial charge is 0.491 e. The van der Waals surface area contributed by atoms with Gasteiger partial charge in [-0.1, -0.05) is 18.2 Å². The number of nitrogens with one attached hydrogen (secondary N) is 1. The average Bonchev–Trinajstić information content (AvgIpc) is 2.83. The highest BCUT2D eigenvalue weighted by Gasteiger charge is 2.26. The van der Waals surface area contributed by atoms with Crippen molar-refractivity contribution in [2.24, 2.45) is 0 Å². The van der Waals surface area contributed by atoms with E-state index < -0.39 is 4.92 Å². The van der Waals surface area contributed by atoms with Crippen molar-refractivity contribution >= 4 is 11.5 Å². The van der Waals surface area contributed by atoms with Gasteiger partial charge in [-0.2, -0.15) is 0 Å². The van der Waals surface area contributed by atoms with Crippen molar-refractivity contribution in [1.29, 1.82) is 0 Å². The molecule has 0 radical (unpaired) electrons. The number of hydrogen-bond acceptors (Lipinski definition) is 5. The molecule has 0 spiro atoms. The summed E-state index contributed by atoms with van der Waals surface area (Å²) < 4.78 is 5.53. The summed E-state index contributed by atoms with van der Waals surface area (Å²) in [5.74, 6) is 0.637. The van der Waals surface area contributed by atoms with Crippen LogP contribution in [-0.2, 0) is 0 Å². The van der Waals surface area contributed by atoms with Crippen LogP contribution in [0.1, 0.15) is 11.6 Å². The third kappa shape index (κ3) is 2.08. The molecule has 1 aromatic carbocycles. The number of benzene rings is 1. The predicted octanol–water partition coefficient (Wildman–Crippen LogP) is 2.54. The van der Waals surface area contributed by atoms with Crippen molar-refractivity contribution in [3.63, 3.8) is 0 Å². The Hall–Kier alpha value is -2.63. The van der Waals surface area contributed by atoms with E-state index in [1.165, 1.54) is 6.20 Å². The van der Waals surface area contributed by atoms with Crippen molar-refractivity contribution in [3.8, 4) is 5.75 Å². The van der Waals surface area contributed by atoms with Crippen LogP contribution in [0.4, 0.5) is 11.5 Å². The van der Waals surface area contributed by atoms with Crippen LogP contribution in [0.3, 0.4) is 0 Å². The van der Waals surface area contributed by atoms with Gasteiger partial charge in [0.05, 0.1) is 6.04 Å². The van der Waals surface area contributed by atoms with Gasteiger partial charge in [0.15, 0.2) is 0 Å². The molecular formula is C13H11N3O3. The van der Waals surface area contributed by atoms with Gasteiger partial charge in [-0.3, -0.25) is 0 Å². The lowest BCUT2D eigenvalue weighted by atomic mass is 10.1. The molecule has 0 amide bonds. The van der Waals surface area contributed by atoms with Gasteiger partial charge in [-0.25, -0.2) is 0 Å². The molecule has 0 saturated heterocycles. The van der Waals surface area contributed by atoms with Crippen LogP contribution in [0.2, 0.25) is 0 Å². The molecule has 6 nitrogen and oxygen atoms in total. The van der Waals surface area contributed by atoms with Crippen LogP contribution >= 0.6 is 0 Å². The minimum absolute atomic E-state index is 0.0981. The Labute approximate surface area is 109 Å². The summed E-state index contributed by atoms with van der Waals surface area (Å²) in [6.07, 6.45) is 1.41. The Kier molecular flexibility index (Phi) is 2.75. The molecule has 1 aliphatic rings. The third-order valence-electron chi connectivity index (χ3n) is 2.99. The summed E-state index contributed by atoms with van der Waals surface area (Å²) in [4.78, 5) is 14.2. The van der Waals surface area contributed by atoms with Crippen molar-refractivity contribution < 1.29 is 9.66 Å². The van der Waals surface area contributed by atoms with E-state index in [0.29, 0.717) is 12.3 Å². The fourth-order valence-electron chi connectivity index (χ4n) is 2.12. The quantitative estimate of drug-likeness (QED) is 0.675. The second-order valence-corrected chi connectivity index (χ2v) is 4.18. The van der Waals surface area contributed by atoms with Crippen molar-refractivity contribution in [3.05, 3.63) is 58.3 Å². The molecule has 1 aliphatic heterocycles. The first kappa shape index (κ1) is 11.5. The van der Waals surface area contributed by atoms with E-state index in [1.54, 1.807) is 12.1 Å². The topological polar surface area (TPSA) is 77.3 Å². The van der Waals surface area contributed by atoms with Crippen molar-refractivity contribution in [1.82, 2.24) is 4.98 Å². The number of nitro groups is 1. The van der Waals surface area contributed by atoms with E-state index in [4.69, 9.17) is 4.74 Å². The Morgan fingerprint density at radius 2 is 2.16 bits per heavy atom. The number of anilines is 1. The van der Waals surface area contributed by atoms with E-state index in [9.17, 15) is 10.1 Å². The smallest absolute Gasteiger partial charge is 0.386 e. The van der Waals surface area contributed by atoms with Crippen LogP contribution in [-0.4, -0.2) is 16.5 Å². The normalized spacial score (nSPS) is 16.5. The van der Waals surface area contributed by atoms with E-state index in [0.717, 1.165) is 11.3 Å². The standard InChI is InChI=1S/C13H11N3O3/c17-16(18)13-10(5-3-7-14-13)15-11-8-19-12-6-2-1-4-9(11)12/h1-7,11,15H,8H2. The Morgan fingerprint density at radius 3 is 3.00 bits per heavy atom. The minimum atomic E-state index is -0.496. The number of fused-ring (bicyclic) bond motifs is 1. The number of rotatable bonds is 3. The summed E-state index contributed by atoms with van der Waals surface area (Å²) >= 11 is 0. The van der Waals surface area contributed by atoms with Crippen LogP contribution in [0.15, 0.2) is 42.6 Å². The first-order valence-corrected chi connectivity index (χ1v) is 5.83. The number of hydrogen-bond donors (Lipinski definition) is 1. The second kappa shape index (κ2) is 4.56. The maximum Gasteiger partial charge on any atom is 0.386 e. The summed E-state index contributed by atoms with van der Waals surface area (Å²) in [6, 6.07) is 10.9. The fourth-order valence-corrected chi connectivity index (χ4v) is 2.12. The van der Waals surface area contributed by atoms with Crippen LogP contribution in [0, 0.1) is 10.1 Å². The molecule has 6 heteroatoms. The molecular weight excluding hydrogens is 246 g/mol. The fraction of sp³-hybridized carbons (Fsp3) is 0.154. The first-order chi connectivity index (χ1) is 9.25. The lowest BCUT2D eigenvalue weighted by Gasteiger charge is -2.12. The molecule has 0 bridgehead atoms. The Bertz CT molecular complexity index is 630. The van der Waals surface area contributed by atoms with Crippen LogP contribution < -0.4 is 10.1 Å². The first-order valence-electron chi connectivity index (χ1n) is 5.83. The number of pyridine rings is 1. The summed E-state index contributed by atoms with van der Waals surface area (Å²) in [6.45, 7) is 0.450. The van der Waals surface area contributed by atoms with Gasteiger partial charge in [0.2, 0.25) is 0 Å². The maximum atomic E-state index is 10.9. The molecule has 3 rings (SSSR count). The number of ether oxygens (including phenoxy) is 1. The van der Waals surface area contributed by atoms with E-state index in [1.807, 2.05) is 24.3 Å². The molecule has 2 heterocycles. The number of aromatic nitrogens is 1. The SMILES string of the molecule is O=[N+]([O-])c1ncccc1NC1COc2ccccc21. The molecule has 0 saturated carbocycles. The molecule has 1 N–H and O–H groups in total. The van der Waals surface area contributed by atoms with Crippen molar-refractivity contribution in [2.75, 3.05) is 11.9 Å². The molecule has 0 fully saturated rings. The molecule has 19 heavy (non-hydrogen) atoms. The van der Waals surface area contributed by atoms with Crippen LogP contribution in [0.25, 0.3) is 0 Å². The van der Waals surface area contributed by atoms with Gasteiger partial charge in [0.25, 0.3) is 0 Å². The molecule has 0 aliphatic carbocycles. The highest BCUT2D eigenvalue weighted by molar-refractivity contribution is 5.59. The predicted molar refractivity (Wildman–Crippen MR) is 69.2 cm³/mol. The van der Waals surface area contributed by atoms with Gasteiger partial charge < -0.3 is 20.2 Å². The van der Waals surface area contributed by atoms with Crippen molar-refractivity contribution in [2.45, 2.75) is 6.04 Å². The zero-order chi connectivity index (χ0) is 13.2. The second-order valence-electron chi connectivity index (χ2n) is 4.18. The Morgan fingerprint density at radius 1 is 1.32 bits per heavy atom. The zero-order valence-electron chi connectivity index (χ0n) is 9.95. The summed E-state index contributed by atoms with van der Waals surface area (Å²) in [7, 11) is 0. The number of nitrogens with zero attached hydrogens (tertiary/aromatic N) is 2. The van der Waals surface area contributed by atoms with Gasteiger partial charge in [-0.15, -0.1) is 0 Å². The lowest BCUT2D eigenvalue weighted by molar-refractivity contribution is -0.388.